The average Bonchev–Trinajstić information content (AvgIpc) is 3.02. The summed E-state index contributed by atoms with van der Waals surface area (Å²) >= 11 is 0. The lowest BCUT2D eigenvalue weighted by Crippen LogP contribution is -2.21. The van der Waals surface area contributed by atoms with Crippen LogP contribution in [0.5, 0.6) is 5.75 Å². The Kier molecular flexibility index (Phi) is 7.73. The summed E-state index contributed by atoms with van der Waals surface area (Å²) in [6.45, 7) is 1.65. The lowest BCUT2D eigenvalue weighted by molar-refractivity contribution is -0.125. The number of Topliss-reactive ketones (excluding diaryl/α,β-unsaturated/α-hetero) is 1. The molecule has 1 aromatic heterocycles. The summed E-state index contributed by atoms with van der Waals surface area (Å²) in [7, 11) is 0.821. The van der Waals surface area contributed by atoms with Crippen molar-refractivity contribution >= 4 is 15.6 Å². The predicted octanol–water partition coefficient (Wildman–Crippen LogP) is 2.54. The first-order valence-electron chi connectivity index (χ1n) is 8.66. The predicted molar refractivity (Wildman–Crippen MR) is 103 cm³/mol. The molecule has 1 aromatic carbocycles. The van der Waals surface area contributed by atoms with Crippen LogP contribution in [-0.4, -0.2) is 52.6 Å². The third kappa shape index (κ3) is 6.15. The van der Waals surface area contributed by atoms with Crippen molar-refractivity contribution < 1.29 is 31.8 Å². The highest BCUT2D eigenvalue weighted by molar-refractivity contribution is 7.91. The quantitative estimate of drug-likeness (QED) is 0.520. The summed E-state index contributed by atoms with van der Waals surface area (Å²) in [6, 6.07) is 7.07. The van der Waals surface area contributed by atoms with E-state index < -0.39 is 27.7 Å². The van der Waals surface area contributed by atoms with Crippen molar-refractivity contribution in [1.29, 1.82) is 0 Å². The van der Waals surface area contributed by atoms with Gasteiger partial charge in [0.05, 0.1) is 18.6 Å². The van der Waals surface area contributed by atoms with Gasteiger partial charge in [0.15, 0.2) is 16.1 Å². The van der Waals surface area contributed by atoms with Crippen LogP contribution in [-0.2, 0) is 29.9 Å². The van der Waals surface area contributed by atoms with Crippen LogP contribution in [0, 0.1) is 6.92 Å². The van der Waals surface area contributed by atoms with Gasteiger partial charge in [0.1, 0.15) is 23.0 Å². The number of hydrogen-bond donors (Lipinski definition) is 0. The Morgan fingerprint density at radius 3 is 2.36 bits per heavy atom. The van der Waals surface area contributed by atoms with E-state index in [2.05, 4.69) is 4.98 Å². The van der Waals surface area contributed by atoms with Crippen LogP contribution in [0.2, 0.25) is 0 Å². The molecule has 0 unspecified atom stereocenters. The monoisotopic (exact) mass is 411 g/mol. The zero-order chi connectivity index (χ0) is 20.7. The molecule has 0 saturated heterocycles. The van der Waals surface area contributed by atoms with Crippen LogP contribution in [0.25, 0.3) is 11.5 Å². The number of rotatable bonds is 11. The van der Waals surface area contributed by atoms with Crippen LogP contribution in [0.1, 0.15) is 24.3 Å². The summed E-state index contributed by atoms with van der Waals surface area (Å²) < 4.78 is 45.5. The van der Waals surface area contributed by atoms with Gasteiger partial charge in [-0.1, -0.05) is 0 Å². The zero-order valence-electron chi connectivity index (χ0n) is 16.4. The van der Waals surface area contributed by atoms with Crippen LogP contribution >= 0.6 is 0 Å². The van der Waals surface area contributed by atoms with Gasteiger partial charge in [-0.2, -0.15) is 0 Å². The van der Waals surface area contributed by atoms with Crippen molar-refractivity contribution in [3.8, 4) is 17.2 Å². The number of aromatic nitrogens is 1. The second-order valence-electron chi connectivity index (χ2n) is 6.26. The lowest BCUT2D eigenvalue weighted by Gasteiger charge is -2.12. The molecule has 0 aliphatic heterocycles. The molecule has 0 bridgehead atoms. The summed E-state index contributed by atoms with van der Waals surface area (Å²) in [5.41, 5.74) is 0.999. The van der Waals surface area contributed by atoms with E-state index in [0.29, 0.717) is 35.1 Å². The van der Waals surface area contributed by atoms with Crippen molar-refractivity contribution in [1.82, 2.24) is 4.98 Å². The van der Waals surface area contributed by atoms with Gasteiger partial charge in [0.2, 0.25) is 5.89 Å². The Bertz CT molecular complexity index is 884. The Morgan fingerprint density at radius 1 is 1.14 bits per heavy atom. The van der Waals surface area contributed by atoms with Crippen LogP contribution in [0.15, 0.2) is 28.7 Å². The number of ether oxygens (including phenoxy) is 3. The van der Waals surface area contributed by atoms with E-state index in [1.807, 2.05) is 0 Å². The third-order valence-electron chi connectivity index (χ3n) is 4.15. The summed E-state index contributed by atoms with van der Waals surface area (Å²) in [6.07, 6.45) is -0.177. The minimum absolute atomic E-state index is 0.0560. The number of hydrogen-bond acceptors (Lipinski definition) is 8. The molecule has 2 aromatic rings. The Labute approximate surface area is 164 Å². The maximum Gasteiger partial charge on any atom is 0.226 e. The van der Waals surface area contributed by atoms with Crippen molar-refractivity contribution in [3.05, 3.63) is 35.7 Å². The van der Waals surface area contributed by atoms with Gasteiger partial charge in [-0.15, -0.1) is 0 Å². The minimum Gasteiger partial charge on any atom is -0.497 e. The molecule has 0 radical (unpaired) electrons. The minimum atomic E-state index is -3.67. The number of methoxy groups -OCH3 is 3. The van der Waals surface area contributed by atoms with Gasteiger partial charge in [-0.3, -0.25) is 4.79 Å². The molecule has 9 heteroatoms. The average molecular weight is 411 g/mol. The van der Waals surface area contributed by atoms with Crippen molar-refractivity contribution in [2.45, 2.75) is 31.8 Å². The smallest absolute Gasteiger partial charge is 0.226 e. The molecule has 0 atom stereocenters. The first kappa shape index (κ1) is 22.1. The van der Waals surface area contributed by atoms with Gasteiger partial charge in [0, 0.05) is 32.6 Å². The van der Waals surface area contributed by atoms with Crippen LogP contribution in [0.4, 0.5) is 0 Å². The molecular formula is C19H25NO7S. The number of aryl methyl sites for hydroxylation is 1. The molecular weight excluding hydrogens is 386 g/mol. The Morgan fingerprint density at radius 2 is 1.79 bits per heavy atom. The molecule has 1 heterocycles. The second-order valence-corrected chi connectivity index (χ2v) is 8.33. The number of carbonyl (C=O) groups is 1. The molecule has 154 valence electrons. The largest absolute Gasteiger partial charge is 0.497 e. The van der Waals surface area contributed by atoms with Gasteiger partial charge in [-0.05, 0) is 31.2 Å². The highest BCUT2D eigenvalue weighted by Gasteiger charge is 2.22. The number of carbonyl (C=O) groups excluding carboxylic acids is 1. The standard InChI is InChI=1S/C19H25NO7S/c1-13-17(20-19(27-13)14-5-8-16(24-2)9-6-14)12-28(22,23)11-15(21)7-10-18(25-3)26-4/h5-6,8-9,18H,7,10-12H2,1-4H3. The van der Waals surface area contributed by atoms with E-state index in [1.54, 1.807) is 38.3 Å². The van der Waals surface area contributed by atoms with Crippen molar-refractivity contribution in [2.75, 3.05) is 27.1 Å². The van der Waals surface area contributed by atoms with Crippen molar-refractivity contribution in [3.63, 3.8) is 0 Å². The van der Waals surface area contributed by atoms with Gasteiger partial charge in [-0.25, -0.2) is 13.4 Å². The van der Waals surface area contributed by atoms with Gasteiger partial charge < -0.3 is 18.6 Å². The highest BCUT2D eigenvalue weighted by Crippen LogP contribution is 2.25. The third-order valence-corrected chi connectivity index (χ3v) is 5.63. The molecule has 28 heavy (non-hydrogen) atoms. The fraction of sp³-hybridized carbons (Fsp3) is 0.474. The molecule has 0 amide bonds. The normalized spacial score (nSPS) is 11.8. The molecule has 0 aliphatic rings. The summed E-state index contributed by atoms with van der Waals surface area (Å²) in [5, 5.41) is 0. The molecule has 2 rings (SSSR count). The fourth-order valence-corrected chi connectivity index (χ4v) is 4.03. The van der Waals surface area contributed by atoms with Gasteiger partial charge in [0.25, 0.3) is 0 Å². The van der Waals surface area contributed by atoms with E-state index in [4.69, 9.17) is 18.6 Å². The molecule has 0 spiro atoms. The van der Waals surface area contributed by atoms with Crippen LogP contribution < -0.4 is 4.74 Å². The Balaban J connectivity index is 2.03. The molecule has 0 fully saturated rings. The molecule has 0 N–H and O–H groups in total. The molecule has 0 saturated carbocycles. The topological polar surface area (TPSA) is 105 Å². The highest BCUT2D eigenvalue weighted by atomic mass is 32.2. The summed E-state index contributed by atoms with van der Waals surface area (Å²) in [5.74, 6) is 0.105. The first-order valence-corrected chi connectivity index (χ1v) is 10.5. The number of oxazole rings is 1. The Hall–Kier alpha value is -2.23. The number of nitrogens with zero attached hydrogens (tertiary/aromatic N) is 1. The second kappa shape index (κ2) is 9.81. The number of ketones is 1. The van der Waals surface area contributed by atoms with E-state index in [0.717, 1.165) is 0 Å². The van der Waals surface area contributed by atoms with Gasteiger partial charge >= 0.3 is 0 Å². The van der Waals surface area contributed by atoms with E-state index in [-0.39, 0.29) is 12.2 Å². The van der Waals surface area contributed by atoms with Crippen LogP contribution in [0.3, 0.4) is 0 Å². The van der Waals surface area contributed by atoms with Crippen molar-refractivity contribution in [2.24, 2.45) is 0 Å². The number of benzene rings is 1. The van der Waals surface area contributed by atoms with E-state index in [9.17, 15) is 13.2 Å². The first-order chi connectivity index (χ1) is 13.3. The van der Waals surface area contributed by atoms with E-state index >= 15 is 0 Å². The van der Waals surface area contributed by atoms with E-state index in [1.165, 1.54) is 14.2 Å². The zero-order valence-corrected chi connectivity index (χ0v) is 17.2. The summed E-state index contributed by atoms with van der Waals surface area (Å²) in [4.78, 5) is 16.3. The molecule has 0 aliphatic carbocycles. The SMILES string of the molecule is COc1ccc(-c2nc(CS(=O)(=O)CC(=O)CCC(OC)OC)c(C)o2)cc1. The fourth-order valence-electron chi connectivity index (χ4n) is 2.61. The number of sulfone groups is 1. The molecule has 8 nitrogen and oxygen atoms in total. The lowest BCUT2D eigenvalue weighted by atomic mass is 10.2. The maximum atomic E-state index is 12.4. The maximum absolute atomic E-state index is 12.4.